The maximum absolute atomic E-state index is 13.3. The Bertz CT molecular complexity index is 1550. The quantitative estimate of drug-likeness (QED) is 0.387. The summed E-state index contributed by atoms with van der Waals surface area (Å²) in [6.07, 6.45) is 4.06. The number of pyridine rings is 1. The zero-order valence-electron chi connectivity index (χ0n) is 18.9. The Labute approximate surface area is 205 Å². The van der Waals surface area contributed by atoms with E-state index in [-0.39, 0.29) is 23.5 Å². The molecule has 6 heterocycles. The maximum Gasteiger partial charge on any atom is 0.417 e. The van der Waals surface area contributed by atoms with E-state index in [1.54, 1.807) is 23.4 Å². The predicted molar refractivity (Wildman–Crippen MR) is 120 cm³/mol. The summed E-state index contributed by atoms with van der Waals surface area (Å²) >= 11 is 0. The van der Waals surface area contributed by atoms with Gasteiger partial charge in [0.05, 0.1) is 24.0 Å². The fourth-order valence-corrected chi connectivity index (χ4v) is 4.33. The summed E-state index contributed by atoms with van der Waals surface area (Å²) in [5.41, 5.74) is 0.733. The number of halogens is 3. The number of fused-ring (bicyclic) bond motifs is 1. The van der Waals surface area contributed by atoms with Crippen LogP contribution in [0.5, 0.6) is 0 Å². The van der Waals surface area contributed by atoms with Crippen molar-refractivity contribution in [3.63, 3.8) is 0 Å². The Hall–Kier alpha value is -4.82. The molecular weight excluding hydrogens is 493 g/mol. The number of aromatic nitrogens is 8. The molecule has 15 heteroatoms. The third kappa shape index (κ3) is 4.13. The number of alkyl halides is 3. The number of imidazole rings is 1. The van der Waals surface area contributed by atoms with Gasteiger partial charge in [-0.15, -0.1) is 0 Å². The number of aromatic amines is 1. The molecule has 0 aliphatic carbocycles. The van der Waals surface area contributed by atoms with Gasteiger partial charge in [0.1, 0.15) is 23.4 Å². The molecule has 1 fully saturated rings. The van der Waals surface area contributed by atoms with Gasteiger partial charge in [-0.25, -0.2) is 19.6 Å². The van der Waals surface area contributed by atoms with E-state index in [0.29, 0.717) is 36.8 Å². The van der Waals surface area contributed by atoms with Crippen LogP contribution in [-0.4, -0.2) is 70.3 Å². The van der Waals surface area contributed by atoms with Crippen LogP contribution in [0.2, 0.25) is 0 Å². The molecule has 188 valence electrons. The number of carbonyl (C=O) groups is 1. The summed E-state index contributed by atoms with van der Waals surface area (Å²) in [6.45, 7) is 1.15. The highest BCUT2D eigenvalue weighted by Crippen LogP contribution is 2.32. The monoisotopic (exact) mass is 510 g/mol. The van der Waals surface area contributed by atoms with Gasteiger partial charge < -0.3 is 9.80 Å². The average molecular weight is 510 g/mol. The Morgan fingerprint density at radius 3 is 2.76 bits per heavy atom. The van der Waals surface area contributed by atoms with E-state index in [0.717, 1.165) is 17.8 Å². The highest BCUT2D eigenvalue weighted by atomic mass is 19.4. The number of amides is 1. The number of piperazine rings is 1. The van der Waals surface area contributed by atoms with E-state index in [1.165, 1.54) is 29.1 Å². The number of anilines is 1. The summed E-state index contributed by atoms with van der Waals surface area (Å²) in [5, 5.41) is 13.9. The zero-order valence-corrected chi connectivity index (χ0v) is 18.9. The third-order valence-corrected chi connectivity index (χ3v) is 6.15. The highest BCUT2D eigenvalue weighted by molar-refractivity contribution is 5.92. The Morgan fingerprint density at radius 1 is 1.11 bits per heavy atom. The predicted octanol–water partition coefficient (Wildman–Crippen LogP) is 2.62. The van der Waals surface area contributed by atoms with Crippen LogP contribution in [0.15, 0.2) is 60.0 Å². The topological polar surface area (TPSA) is 134 Å². The Kier molecular flexibility index (Phi) is 5.31. The SMILES string of the molecule is O=C(c1cnon1)N1CCN(c2ccnc(-c3cnc4ccc(C(F)(F)F)cn34)n2)CC1c1cn[nH]c1. The summed E-state index contributed by atoms with van der Waals surface area (Å²) in [6, 6.07) is 3.60. The van der Waals surface area contributed by atoms with Gasteiger partial charge in [-0.1, -0.05) is 5.16 Å². The first kappa shape index (κ1) is 22.6. The van der Waals surface area contributed by atoms with E-state index >= 15 is 0 Å². The summed E-state index contributed by atoms with van der Waals surface area (Å²) in [5.74, 6) is 0.439. The second-order valence-corrected chi connectivity index (χ2v) is 8.31. The molecule has 0 bridgehead atoms. The first-order valence-corrected chi connectivity index (χ1v) is 11.1. The third-order valence-electron chi connectivity index (χ3n) is 6.15. The van der Waals surface area contributed by atoms with Crippen LogP contribution in [0, 0.1) is 0 Å². The lowest BCUT2D eigenvalue weighted by Gasteiger charge is -2.41. The van der Waals surface area contributed by atoms with E-state index in [2.05, 4.69) is 40.1 Å². The molecule has 5 aromatic rings. The number of hydrogen-bond acceptors (Lipinski definition) is 9. The molecule has 37 heavy (non-hydrogen) atoms. The van der Waals surface area contributed by atoms with Crippen LogP contribution < -0.4 is 4.90 Å². The molecule has 1 atom stereocenters. The summed E-state index contributed by atoms with van der Waals surface area (Å²) < 4.78 is 45.7. The lowest BCUT2D eigenvalue weighted by atomic mass is 10.1. The van der Waals surface area contributed by atoms with Crippen molar-refractivity contribution in [3.8, 4) is 11.5 Å². The van der Waals surface area contributed by atoms with Gasteiger partial charge in [0, 0.05) is 43.8 Å². The minimum Gasteiger partial charge on any atom is -0.352 e. The second kappa shape index (κ2) is 8.69. The molecule has 1 saturated heterocycles. The van der Waals surface area contributed by atoms with Gasteiger partial charge in [-0.05, 0) is 23.4 Å². The van der Waals surface area contributed by atoms with Crippen LogP contribution in [-0.2, 0) is 6.18 Å². The molecule has 12 nitrogen and oxygen atoms in total. The van der Waals surface area contributed by atoms with E-state index < -0.39 is 11.7 Å². The molecule has 1 N–H and O–H groups in total. The van der Waals surface area contributed by atoms with Crippen LogP contribution in [0.4, 0.5) is 19.0 Å². The first-order valence-electron chi connectivity index (χ1n) is 11.1. The summed E-state index contributed by atoms with van der Waals surface area (Å²) in [4.78, 5) is 29.8. The van der Waals surface area contributed by atoms with Gasteiger partial charge in [0.2, 0.25) is 0 Å². The van der Waals surface area contributed by atoms with Crippen LogP contribution in [0.1, 0.15) is 27.7 Å². The lowest BCUT2D eigenvalue weighted by molar-refractivity contribution is -0.137. The van der Waals surface area contributed by atoms with Gasteiger partial charge >= 0.3 is 6.18 Å². The van der Waals surface area contributed by atoms with Gasteiger partial charge in [0.25, 0.3) is 5.91 Å². The first-order chi connectivity index (χ1) is 17.9. The van der Waals surface area contributed by atoms with E-state index in [4.69, 9.17) is 0 Å². The fraction of sp³-hybridized carbons (Fsp3) is 0.227. The van der Waals surface area contributed by atoms with Crippen molar-refractivity contribution in [2.75, 3.05) is 24.5 Å². The molecule has 0 radical (unpaired) electrons. The second-order valence-electron chi connectivity index (χ2n) is 8.31. The normalized spacial score (nSPS) is 16.5. The molecule has 5 aromatic heterocycles. The number of carbonyl (C=O) groups excluding carboxylic acids is 1. The Balaban J connectivity index is 1.32. The molecule has 1 aliphatic heterocycles. The van der Waals surface area contributed by atoms with Crippen LogP contribution in [0.25, 0.3) is 17.2 Å². The number of rotatable bonds is 4. The molecule has 1 aliphatic rings. The number of nitrogens with zero attached hydrogens (tertiary/aromatic N) is 9. The molecule has 6 rings (SSSR count). The largest absolute Gasteiger partial charge is 0.417 e. The van der Waals surface area contributed by atoms with Gasteiger partial charge in [0.15, 0.2) is 11.5 Å². The van der Waals surface area contributed by atoms with Crippen molar-refractivity contribution < 1.29 is 22.6 Å². The van der Waals surface area contributed by atoms with E-state index in [9.17, 15) is 18.0 Å². The van der Waals surface area contributed by atoms with Crippen molar-refractivity contribution in [1.29, 1.82) is 0 Å². The number of nitrogens with one attached hydrogen (secondary N) is 1. The minimum atomic E-state index is -4.50. The number of H-pyrrole nitrogens is 1. The minimum absolute atomic E-state index is 0.0945. The molecule has 1 amide bonds. The van der Waals surface area contributed by atoms with Crippen molar-refractivity contribution in [3.05, 3.63) is 72.2 Å². The van der Waals surface area contributed by atoms with Crippen molar-refractivity contribution in [1.82, 2.24) is 44.8 Å². The molecule has 0 spiro atoms. The number of hydrogen-bond donors (Lipinski definition) is 1. The van der Waals surface area contributed by atoms with Crippen molar-refractivity contribution in [2.24, 2.45) is 0 Å². The zero-order chi connectivity index (χ0) is 25.6. The van der Waals surface area contributed by atoms with Crippen LogP contribution in [0.3, 0.4) is 0 Å². The lowest BCUT2D eigenvalue weighted by Crippen LogP contribution is -2.51. The van der Waals surface area contributed by atoms with Gasteiger partial charge in [-0.2, -0.15) is 18.3 Å². The highest BCUT2D eigenvalue weighted by Gasteiger charge is 2.35. The maximum atomic E-state index is 13.3. The van der Waals surface area contributed by atoms with Crippen molar-refractivity contribution in [2.45, 2.75) is 12.2 Å². The molecular formula is C22H17F3N10O2. The Morgan fingerprint density at radius 2 is 2.00 bits per heavy atom. The average Bonchev–Trinajstić information content (AvgIpc) is 3.69. The van der Waals surface area contributed by atoms with Crippen molar-refractivity contribution >= 4 is 17.4 Å². The smallest absolute Gasteiger partial charge is 0.352 e. The standard InChI is InChI=1S/C22H17F3N10O2/c23-22(24,25)14-1-2-18-27-10-16(35(18)11-14)20-26-4-3-19(31-20)33-5-6-34(21(36)15-9-30-37-32-15)17(12-33)13-7-28-29-8-13/h1-4,7-11,17H,5-6,12H2,(H,28,29). The van der Waals surface area contributed by atoms with Gasteiger partial charge in [-0.3, -0.25) is 14.3 Å². The van der Waals surface area contributed by atoms with Crippen LogP contribution >= 0.6 is 0 Å². The molecule has 1 unspecified atom stereocenters. The van der Waals surface area contributed by atoms with E-state index in [1.807, 2.05) is 4.90 Å². The molecule has 0 aromatic carbocycles. The summed E-state index contributed by atoms with van der Waals surface area (Å²) in [7, 11) is 0. The molecule has 0 saturated carbocycles. The fourth-order valence-electron chi connectivity index (χ4n) is 4.33.